The van der Waals surface area contributed by atoms with Gasteiger partial charge in [0.05, 0.1) is 18.2 Å². The number of carbonyl (C=O) groups excluding carboxylic acids is 1. The Bertz CT molecular complexity index is 553. The Kier molecular flexibility index (Phi) is 5.55. The number of amides is 1. The molecule has 0 atom stereocenters. The zero-order valence-electron chi connectivity index (χ0n) is 13.4. The van der Waals surface area contributed by atoms with Crippen molar-refractivity contribution in [3.05, 3.63) is 29.3 Å². The zero-order chi connectivity index (χ0) is 17.0. The molecule has 23 heavy (non-hydrogen) atoms. The first-order valence-electron chi connectivity index (χ1n) is 7.92. The highest BCUT2D eigenvalue weighted by molar-refractivity contribution is 5.97. The molecule has 1 aliphatic carbocycles. The number of carbonyl (C=O) groups is 1. The Morgan fingerprint density at radius 3 is 2.52 bits per heavy atom. The minimum Gasteiger partial charge on any atom is -0.495 e. The Morgan fingerprint density at radius 2 is 2.00 bits per heavy atom. The van der Waals surface area contributed by atoms with Gasteiger partial charge in [0.25, 0.3) is 5.91 Å². The SMILES string of the molecule is CCCN(CCC1CC1)C(=O)c1cccc(C(F)(F)F)c1OC. The number of ether oxygens (including phenoxy) is 1. The molecule has 0 heterocycles. The van der Waals surface area contributed by atoms with Gasteiger partial charge >= 0.3 is 6.18 Å². The van der Waals surface area contributed by atoms with Gasteiger partial charge in [-0.2, -0.15) is 13.2 Å². The average Bonchev–Trinajstić information content (AvgIpc) is 3.33. The number of para-hydroxylation sites is 1. The predicted molar refractivity (Wildman–Crippen MR) is 81.5 cm³/mol. The Labute approximate surface area is 134 Å². The minimum atomic E-state index is -4.55. The highest BCUT2D eigenvalue weighted by Gasteiger charge is 2.36. The smallest absolute Gasteiger partial charge is 0.419 e. The number of hydrogen-bond donors (Lipinski definition) is 0. The normalized spacial score (nSPS) is 14.7. The second kappa shape index (κ2) is 7.23. The van der Waals surface area contributed by atoms with Crippen molar-refractivity contribution < 1.29 is 22.7 Å². The van der Waals surface area contributed by atoms with Crippen LogP contribution in [0, 0.1) is 5.92 Å². The molecular weight excluding hydrogens is 307 g/mol. The van der Waals surface area contributed by atoms with Gasteiger partial charge in [-0.15, -0.1) is 0 Å². The van der Waals surface area contributed by atoms with Gasteiger partial charge in [0.1, 0.15) is 5.75 Å². The summed E-state index contributed by atoms with van der Waals surface area (Å²) < 4.78 is 44.2. The highest BCUT2D eigenvalue weighted by Crippen LogP contribution is 2.38. The van der Waals surface area contributed by atoms with E-state index >= 15 is 0 Å². The van der Waals surface area contributed by atoms with E-state index in [1.54, 1.807) is 4.90 Å². The largest absolute Gasteiger partial charge is 0.495 e. The van der Waals surface area contributed by atoms with Crippen molar-refractivity contribution in [2.45, 2.75) is 38.8 Å². The standard InChI is InChI=1S/C17H22F3NO2/c1-3-10-21(11-9-12-7-8-12)16(22)13-5-4-6-14(15(13)23-2)17(18,19)20/h4-6,12H,3,7-11H2,1-2H3. The van der Waals surface area contributed by atoms with Gasteiger partial charge in [-0.1, -0.05) is 25.8 Å². The van der Waals surface area contributed by atoms with Gasteiger partial charge in [0.15, 0.2) is 0 Å². The Hall–Kier alpha value is -1.72. The van der Waals surface area contributed by atoms with Gasteiger partial charge < -0.3 is 9.64 Å². The molecule has 1 aromatic rings. The molecule has 0 aromatic heterocycles. The maximum atomic E-state index is 13.1. The molecule has 1 saturated carbocycles. The second-order valence-electron chi connectivity index (χ2n) is 5.91. The summed E-state index contributed by atoms with van der Waals surface area (Å²) in [6.45, 7) is 3.06. The van der Waals surface area contributed by atoms with Crippen molar-refractivity contribution in [2.75, 3.05) is 20.2 Å². The summed E-state index contributed by atoms with van der Waals surface area (Å²) >= 11 is 0. The van der Waals surface area contributed by atoms with Crippen LogP contribution in [-0.2, 0) is 6.18 Å². The van der Waals surface area contributed by atoms with E-state index in [1.165, 1.54) is 25.0 Å². The molecule has 0 radical (unpaired) electrons. The lowest BCUT2D eigenvalue weighted by Crippen LogP contribution is -2.33. The lowest BCUT2D eigenvalue weighted by molar-refractivity contribution is -0.138. The molecule has 128 valence electrons. The summed E-state index contributed by atoms with van der Waals surface area (Å²) in [6, 6.07) is 3.59. The third-order valence-electron chi connectivity index (χ3n) is 4.04. The van der Waals surface area contributed by atoms with E-state index in [-0.39, 0.29) is 5.56 Å². The fourth-order valence-corrected chi connectivity index (χ4v) is 2.65. The molecule has 0 saturated heterocycles. The van der Waals surface area contributed by atoms with Crippen LogP contribution in [0.15, 0.2) is 18.2 Å². The molecule has 0 unspecified atom stereocenters. The van der Waals surface area contributed by atoms with E-state index in [4.69, 9.17) is 4.74 Å². The van der Waals surface area contributed by atoms with Crippen LogP contribution < -0.4 is 4.74 Å². The first kappa shape index (κ1) is 17.6. The maximum Gasteiger partial charge on any atom is 0.419 e. The molecule has 0 N–H and O–H groups in total. The Morgan fingerprint density at radius 1 is 1.30 bits per heavy atom. The van der Waals surface area contributed by atoms with E-state index in [9.17, 15) is 18.0 Å². The third kappa shape index (κ3) is 4.39. The van der Waals surface area contributed by atoms with Crippen LogP contribution in [-0.4, -0.2) is 31.0 Å². The Balaban J connectivity index is 2.27. The van der Waals surface area contributed by atoms with Crippen molar-refractivity contribution in [3.8, 4) is 5.75 Å². The number of benzene rings is 1. The number of methoxy groups -OCH3 is 1. The number of halogens is 3. The highest BCUT2D eigenvalue weighted by atomic mass is 19.4. The summed E-state index contributed by atoms with van der Waals surface area (Å²) in [7, 11) is 1.16. The van der Waals surface area contributed by atoms with Crippen molar-refractivity contribution in [2.24, 2.45) is 5.92 Å². The van der Waals surface area contributed by atoms with Crippen LogP contribution in [0.5, 0.6) is 5.75 Å². The van der Waals surface area contributed by atoms with E-state index in [1.807, 2.05) is 6.92 Å². The first-order chi connectivity index (χ1) is 10.9. The molecule has 1 fully saturated rings. The number of alkyl halides is 3. The second-order valence-corrected chi connectivity index (χ2v) is 5.91. The summed E-state index contributed by atoms with van der Waals surface area (Å²) in [5.41, 5.74) is -0.934. The van der Waals surface area contributed by atoms with E-state index in [0.29, 0.717) is 19.0 Å². The van der Waals surface area contributed by atoms with Crippen molar-refractivity contribution in [3.63, 3.8) is 0 Å². The van der Waals surface area contributed by atoms with Gasteiger partial charge in [-0.05, 0) is 30.9 Å². The van der Waals surface area contributed by atoms with Crippen LogP contribution in [0.3, 0.4) is 0 Å². The first-order valence-corrected chi connectivity index (χ1v) is 7.92. The summed E-state index contributed by atoms with van der Waals surface area (Å²) in [5, 5.41) is 0. The third-order valence-corrected chi connectivity index (χ3v) is 4.04. The lowest BCUT2D eigenvalue weighted by Gasteiger charge is -2.24. The maximum absolute atomic E-state index is 13.1. The van der Waals surface area contributed by atoms with Gasteiger partial charge in [-0.3, -0.25) is 4.79 Å². The van der Waals surface area contributed by atoms with Crippen LogP contribution >= 0.6 is 0 Å². The number of rotatable bonds is 7. The minimum absolute atomic E-state index is 0.0217. The van der Waals surface area contributed by atoms with E-state index in [0.717, 1.165) is 26.0 Å². The predicted octanol–water partition coefficient (Wildman–Crippen LogP) is 4.37. The number of nitrogens with zero attached hydrogens (tertiary/aromatic N) is 1. The van der Waals surface area contributed by atoms with E-state index in [2.05, 4.69) is 0 Å². The van der Waals surface area contributed by atoms with Crippen LogP contribution in [0.4, 0.5) is 13.2 Å². The zero-order valence-corrected chi connectivity index (χ0v) is 13.4. The molecule has 0 bridgehead atoms. The monoisotopic (exact) mass is 329 g/mol. The van der Waals surface area contributed by atoms with Gasteiger partial charge in [0, 0.05) is 13.1 Å². The molecule has 1 aromatic carbocycles. The topological polar surface area (TPSA) is 29.5 Å². The quantitative estimate of drug-likeness (QED) is 0.743. The van der Waals surface area contributed by atoms with E-state index < -0.39 is 23.4 Å². The number of hydrogen-bond acceptors (Lipinski definition) is 2. The molecule has 0 spiro atoms. The van der Waals surface area contributed by atoms with Gasteiger partial charge in [0.2, 0.25) is 0 Å². The summed E-state index contributed by atoms with van der Waals surface area (Å²) in [5.74, 6) is -0.126. The van der Waals surface area contributed by atoms with Crippen LogP contribution in [0.1, 0.15) is 48.5 Å². The van der Waals surface area contributed by atoms with Crippen molar-refractivity contribution in [1.29, 1.82) is 0 Å². The summed E-state index contributed by atoms with van der Waals surface area (Å²) in [4.78, 5) is 14.3. The van der Waals surface area contributed by atoms with Crippen LogP contribution in [0.2, 0.25) is 0 Å². The fraction of sp³-hybridized carbons (Fsp3) is 0.588. The van der Waals surface area contributed by atoms with Gasteiger partial charge in [-0.25, -0.2) is 0 Å². The molecule has 6 heteroatoms. The average molecular weight is 329 g/mol. The van der Waals surface area contributed by atoms with Crippen molar-refractivity contribution in [1.82, 2.24) is 4.90 Å². The molecular formula is C17H22F3NO2. The molecule has 1 aliphatic rings. The lowest BCUT2D eigenvalue weighted by atomic mass is 10.1. The molecule has 3 nitrogen and oxygen atoms in total. The van der Waals surface area contributed by atoms with Crippen molar-refractivity contribution >= 4 is 5.91 Å². The summed E-state index contributed by atoms with van der Waals surface area (Å²) in [6.07, 6.45) is -0.516. The molecule has 1 amide bonds. The van der Waals surface area contributed by atoms with Crippen LogP contribution in [0.25, 0.3) is 0 Å². The molecule has 2 rings (SSSR count). The fourth-order valence-electron chi connectivity index (χ4n) is 2.65. The molecule has 0 aliphatic heterocycles.